The second kappa shape index (κ2) is 7.43. The zero-order valence-electron chi connectivity index (χ0n) is 14.5. The van der Waals surface area contributed by atoms with E-state index in [9.17, 15) is 0 Å². The summed E-state index contributed by atoms with van der Waals surface area (Å²) in [6.07, 6.45) is 0. The minimum atomic E-state index is 0.651. The molecule has 0 spiro atoms. The van der Waals surface area contributed by atoms with Gasteiger partial charge in [-0.1, -0.05) is 18.2 Å². The van der Waals surface area contributed by atoms with Crippen LogP contribution in [0.5, 0.6) is 23.0 Å². The van der Waals surface area contributed by atoms with Crippen LogP contribution >= 0.6 is 11.3 Å². The van der Waals surface area contributed by atoms with Gasteiger partial charge in [-0.3, -0.25) is 0 Å². The van der Waals surface area contributed by atoms with Gasteiger partial charge in [0.05, 0.1) is 0 Å². The molecule has 3 aromatic carbocycles. The van der Waals surface area contributed by atoms with Gasteiger partial charge >= 0.3 is 0 Å². The van der Waals surface area contributed by atoms with Crippen molar-refractivity contribution in [3.05, 3.63) is 84.2 Å². The molecule has 0 aliphatic carbocycles. The zero-order chi connectivity index (χ0) is 18.6. The van der Waals surface area contributed by atoms with Gasteiger partial charge in [-0.2, -0.15) is 0 Å². The Balaban J connectivity index is 1.70. The Hall–Kier alpha value is -3.44. The maximum Gasteiger partial charge on any atom is 0.131 e. The van der Waals surface area contributed by atoms with Crippen molar-refractivity contribution in [1.82, 2.24) is 0 Å². The summed E-state index contributed by atoms with van der Waals surface area (Å²) in [4.78, 5) is 1.13. The molecule has 1 aromatic heterocycles. The van der Waals surface area contributed by atoms with E-state index >= 15 is 0 Å². The number of nitrogens with two attached hydrogens (primary N) is 2. The molecule has 4 nitrogen and oxygen atoms in total. The van der Waals surface area contributed by atoms with Crippen LogP contribution in [0, 0.1) is 0 Å². The van der Waals surface area contributed by atoms with Crippen molar-refractivity contribution in [2.75, 3.05) is 11.5 Å². The van der Waals surface area contributed by atoms with Crippen molar-refractivity contribution >= 4 is 22.7 Å². The molecule has 0 bridgehead atoms. The summed E-state index contributed by atoms with van der Waals surface area (Å²) in [5.41, 5.74) is 14.0. The van der Waals surface area contributed by atoms with Crippen molar-refractivity contribution in [3.63, 3.8) is 0 Å². The minimum Gasteiger partial charge on any atom is -0.457 e. The molecule has 0 aliphatic rings. The quantitative estimate of drug-likeness (QED) is 0.410. The standard InChI is InChI=1S/C22H18N2O2S/c23-16-4-1-6-18(12-16)25-20-10-15(22-8-3-9-27-22)11-21(14-20)26-19-7-2-5-17(24)13-19/h1-14H,23-24H2. The number of thiophene rings is 1. The van der Waals surface area contributed by atoms with Crippen molar-refractivity contribution in [2.45, 2.75) is 0 Å². The highest BCUT2D eigenvalue weighted by Gasteiger charge is 2.09. The van der Waals surface area contributed by atoms with Crippen LogP contribution in [0.2, 0.25) is 0 Å². The number of ether oxygens (including phenoxy) is 2. The molecule has 4 rings (SSSR count). The second-order valence-electron chi connectivity index (χ2n) is 6.02. The number of anilines is 2. The van der Waals surface area contributed by atoms with E-state index in [0.29, 0.717) is 34.4 Å². The van der Waals surface area contributed by atoms with E-state index in [1.807, 2.05) is 66.0 Å². The van der Waals surface area contributed by atoms with E-state index < -0.39 is 0 Å². The molecule has 4 aromatic rings. The van der Waals surface area contributed by atoms with Gasteiger partial charge in [0, 0.05) is 34.5 Å². The number of nitrogen functional groups attached to an aromatic ring is 2. The first-order valence-corrected chi connectivity index (χ1v) is 9.29. The topological polar surface area (TPSA) is 70.5 Å². The highest BCUT2D eigenvalue weighted by Crippen LogP contribution is 2.36. The van der Waals surface area contributed by atoms with Gasteiger partial charge in [-0.15, -0.1) is 11.3 Å². The largest absolute Gasteiger partial charge is 0.457 e. The lowest BCUT2D eigenvalue weighted by Crippen LogP contribution is -1.91. The first-order chi connectivity index (χ1) is 13.2. The Bertz CT molecular complexity index is 996. The van der Waals surface area contributed by atoms with Gasteiger partial charge < -0.3 is 20.9 Å². The number of hydrogen-bond acceptors (Lipinski definition) is 5. The van der Waals surface area contributed by atoms with Crippen LogP contribution in [0.15, 0.2) is 84.2 Å². The Morgan fingerprint density at radius 2 is 1.19 bits per heavy atom. The van der Waals surface area contributed by atoms with E-state index in [1.54, 1.807) is 23.5 Å². The highest BCUT2D eigenvalue weighted by atomic mass is 32.1. The van der Waals surface area contributed by atoms with E-state index in [-0.39, 0.29) is 0 Å². The average Bonchev–Trinajstić information content (AvgIpc) is 3.16. The molecular formula is C22H18N2O2S. The molecule has 27 heavy (non-hydrogen) atoms. The first-order valence-electron chi connectivity index (χ1n) is 8.41. The smallest absolute Gasteiger partial charge is 0.131 e. The summed E-state index contributed by atoms with van der Waals surface area (Å²) >= 11 is 1.66. The number of rotatable bonds is 5. The van der Waals surface area contributed by atoms with E-state index in [1.165, 1.54) is 0 Å². The van der Waals surface area contributed by atoms with E-state index in [2.05, 4.69) is 6.07 Å². The third-order valence-corrected chi connectivity index (χ3v) is 4.79. The van der Waals surface area contributed by atoms with Crippen LogP contribution in [0.3, 0.4) is 0 Å². The summed E-state index contributed by atoms with van der Waals surface area (Å²) < 4.78 is 12.0. The summed E-state index contributed by atoms with van der Waals surface area (Å²) in [6.45, 7) is 0. The molecule has 4 N–H and O–H groups in total. The molecule has 5 heteroatoms. The predicted molar refractivity (Wildman–Crippen MR) is 112 cm³/mol. The fourth-order valence-corrected chi connectivity index (χ4v) is 3.42. The normalized spacial score (nSPS) is 10.5. The summed E-state index contributed by atoms with van der Waals surface area (Å²) in [6, 6.07) is 24.6. The summed E-state index contributed by atoms with van der Waals surface area (Å²) in [5, 5.41) is 2.04. The monoisotopic (exact) mass is 374 g/mol. The Morgan fingerprint density at radius 3 is 1.67 bits per heavy atom. The van der Waals surface area contributed by atoms with Gasteiger partial charge in [0.15, 0.2) is 0 Å². The van der Waals surface area contributed by atoms with Crippen molar-refractivity contribution < 1.29 is 9.47 Å². The van der Waals surface area contributed by atoms with Crippen molar-refractivity contribution in [3.8, 4) is 33.4 Å². The Kier molecular flexibility index (Phi) is 4.68. The van der Waals surface area contributed by atoms with Crippen LogP contribution in [-0.2, 0) is 0 Å². The number of benzene rings is 3. The molecule has 0 saturated carbocycles. The molecule has 0 saturated heterocycles. The van der Waals surface area contributed by atoms with E-state index in [4.69, 9.17) is 20.9 Å². The lowest BCUT2D eigenvalue weighted by Gasteiger charge is -2.12. The van der Waals surface area contributed by atoms with Crippen LogP contribution in [0.4, 0.5) is 11.4 Å². The van der Waals surface area contributed by atoms with Gasteiger partial charge in [0.2, 0.25) is 0 Å². The molecule has 0 amide bonds. The summed E-state index contributed by atoms with van der Waals surface area (Å²) in [7, 11) is 0. The van der Waals surface area contributed by atoms with Crippen molar-refractivity contribution in [1.29, 1.82) is 0 Å². The zero-order valence-corrected chi connectivity index (χ0v) is 15.3. The van der Waals surface area contributed by atoms with Gasteiger partial charge in [0.1, 0.15) is 23.0 Å². The predicted octanol–water partition coefficient (Wildman–Crippen LogP) is 6.16. The Labute approximate surface area is 161 Å². The first kappa shape index (κ1) is 17.0. The van der Waals surface area contributed by atoms with Crippen LogP contribution in [0.1, 0.15) is 0 Å². The molecular weight excluding hydrogens is 356 g/mol. The Morgan fingerprint density at radius 1 is 0.593 bits per heavy atom. The molecule has 134 valence electrons. The van der Waals surface area contributed by atoms with Gasteiger partial charge in [0.25, 0.3) is 0 Å². The number of hydrogen-bond donors (Lipinski definition) is 2. The maximum atomic E-state index is 6.02. The highest BCUT2D eigenvalue weighted by molar-refractivity contribution is 7.13. The fourth-order valence-electron chi connectivity index (χ4n) is 2.70. The lowest BCUT2D eigenvalue weighted by atomic mass is 10.1. The fraction of sp³-hybridized carbons (Fsp3) is 0. The third kappa shape index (κ3) is 4.22. The van der Waals surface area contributed by atoms with Crippen LogP contribution in [-0.4, -0.2) is 0 Å². The molecule has 0 radical (unpaired) electrons. The SMILES string of the molecule is Nc1cccc(Oc2cc(Oc3cccc(N)c3)cc(-c3cccs3)c2)c1. The molecule has 1 heterocycles. The van der Waals surface area contributed by atoms with Crippen LogP contribution in [0.25, 0.3) is 10.4 Å². The van der Waals surface area contributed by atoms with Crippen LogP contribution < -0.4 is 20.9 Å². The lowest BCUT2D eigenvalue weighted by molar-refractivity contribution is 0.461. The molecule has 0 fully saturated rings. The molecule has 0 aliphatic heterocycles. The average molecular weight is 374 g/mol. The molecule has 0 unspecified atom stereocenters. The third-order valence-electron chi connectivity index (χ3n) is 3.87. The maximum absolute atomic E-state index is 6.02. The minimum absolute atomic E-state index is 0.651. The van der Waals surface area contributed by atoms with Gasteiger partial charge in [-0.25, -0.2) is 0 Å². The molecule has 0 atom stereocenters. The van der Waals surface area contributed by atoms with Gasteiger partial charge in [-0.05, 0) is 53.4 Å². The second-order valence-corrected chi connectivity index (χ2v) is 6.97. The summed E-state index contributed by atoms with van der Waals surface area (Å²) in [5.74, 6) is 2.69. The van der Waals surface area contributed by atoms with E-state index in [0.717, 1.165) is 10.4 Å². The van der Waals surface area contributed by atoms with Crippen molar-refractivity contribution in [2.24, 2.45) is 0 Å².